The lowest BCUT2D eigenvalue weighted by molar-refractivity contribution is 0.437. The summed E-state index contributed by atoms with van der Waals surface area (Å²) in [6.45, 7) is 18.1. The first-order valence-corrected chi connectivity index (χ1v) is 12.6. The molecule has 1 aliphatic rings. The van der Waals surface area contributed by atoms with E-state index in [0.717, 1.165) is 36.1 Å². The summed E-state index contributed by atoms with van der Waals surface area (Å²) in [6.07, 6.45) is 7.23. The Morgan fingerprint density at radius 2 is 1.67 bits per heavy atom. The van der Waals surface area contributed by atoms with Crippen LogP contribution < -0.4 is 0 Å². The van der Waals surface area contributed by atoms with Crippen LogP contribution >= 0.6 is 0 Å². The third-order valence-corrected chi connectivity index (χ3v) is 12.1. The summed E-state index contributed by atoms with van der Waals surface area (Å²) in [7, 11) is -2.03. The first kappa shape index (κ1) is 21.8. The minimum absolute atomic E-state index is 0.383. The van der Waals surface area contributed by atoms with Crippen LogP contribution in [-0.2, 0) is 17.3 Å². The number of allylic oxidation sites excluding steroid dienone is 3. The van der Waals surface area contributed by atoms with Gasteiger partial charge in [0.05, 0.1) is 0 Å². The molecule has 0 saturated carbocycles. The molecule has 0 aliphatic heterocycles. The van der Waals surface area contributed by atoms with Crippen LogP contribution in [0.2, 0.25) is 16.6 Å². The van der Waals surface area contributed by atoms with Gasteiger partial charge in [0.15, 0.2) is 0 Å². The van der Waals surface area contributed by atoms with Crippen molar-refractivity contribution >= 4 is 14.1 Å². The van der Waals surface area contributed by atoms with Crippen LogP contribution in [0.4, 0.5) is 0 Å². The summed E-state index contributed by atoms with van der Waals surface area (Å²) in [4.78, 5) is 0. The highest BCUT2D eigenvalue weighted by Gasteiger charge is 2.47. The van der Waals surface area contributed by atoms with Crippen molar-refractivity contribution in [1.29, 1.82) is 0 Å². The Hall–Kier alpha value is -1.48. The molecule has 3 heteroatoms. The van der Waals surface area contributed by atoms with E-state index in [1.54, 1.807) is 0 Å². The molecular formula is C24H38O2Si. The van der Waals surface area contributed by atoms with Crippen LogP contribution in [0.3, 0.4) is 0 Å². The predicted octanol–water partition coefficient (Wildman–Crippen LogP) is 7.38. The fourth-order valence-corrected chi connectivity index (χ4v) is 10.1. The van der Waals surface area contributed by atoms with E-state index in [1.165, 1.54) is 11.1 Å². The minimum atomic E-state index is -2.03. The van der Waals surface area contributed by atoms with Gasteiger partial charge in [0.1, 0.15) is 11.5 Å². The summed E-state index contributed by atoms with van der Waals surface area (Å²) in [5, 5.41) is 10.6. The van der Waals surface area contributed by atoms with Crippen LogP contribution in [0, 0.1) is 0 Å². The molecule has 2 nitrogen and oxygen atoms in total. The third kappa shape index (κ3) is 4.34. The van der Waals surface area contributed by atoms with Gasteiger partial charge in [0, 0.05) is 11.1 Å². The Morgan fingerprint density at radius 1 is 1.07 bits per heavy atom. The molecule has 2 rings (SSSR count). The first-order chi connectivity index (χ1) is 12.6. The Morgan fingerprint density at radius 3 is 2.19 bits per heavy atom. The summed E-state index contributed by atoms with van der Waals surface area (Å²) in [5.41, 5.74) is 6.33. The standard InChI is InChI=1S/C24H38O2Si/c1-16(2)12-14-21-22(25)15-13-20-10-9-11-23(24(20)21)26-27(17(3)4,18(5)6)19(7)8/h11-13,15,17-19,25H,9-10,14H2,1-8H3. The second-order valence-electron chi connectivity index (χ2n) is 9.11. The first-order valence-electron chi connectivity index (χ1n) is 10.5. The molecule has 0 atom stereocenters. The van der Waals surface area contributed by atoms with Gasteiger partial charge >= 0.3 is 0 Å². The smallest absolute Gasteiger partial charge is 0.258 e. The van der Waals surface area contributed by atoms with Crippen molar-refractivity contribution in [2.45, 2.75) is 91.3 Å². The van der Waals surface area contributed by atoms with Gasteiger partial charge in [-0.2, -0.15) is 0 Å². The fourth-order valence-electron chi connectivity index (χ4n) is 4.81. The van der Waals surface area contributed by atoms with Crippen LogP contribution in [0.25, 0.3) is 5.76 Å². The third-order valence-electron chi connectivity index (χ3n) is 6.07. The quantitative estimate of drug-likeness (QED) is 0.391. The zero-order chi connectivity index (χ0) is 20.4. The number of phenols is 1. The second kappa shape index (κ2) is 8.68. The molecule has 0 aromatic heterocycles. The number of rotatable bonds is 7. The molecule has 0 bridgehead atoms. The summed E-state index contributed by atoms with van der Waals surface area (Å²) in [5.74, 6) is 1.40. The number of fused-ring (bicyclic) bond motifs is 1. The van der Waals surface area contributed by atoms with Gasteiger partial charge in [-0.25, -0.2) is 0 Å². The van der Waals surface area contributed by atoms with E-state index in [1.807, 2.05) is 6.07 Å². The molecule has 1 N–H and O–H groups in total. The maximum atomic E-state index is 10.6. The topological polar surface area (TPSA) is 29.5 Å². The number of hydrogen-bond acceptors (Lipinski definition) is 2. The zero-order valence-electron chi connectivity index (χ0n) is 18.5. The largest absolute Gasteiger partial charge is 0.542 e. The lowest BCUT2D eigenvalue weighted by atomic mass is 9.89. The van der Waals surface area contributed by atoms with E-state index >= 15 is 0 Å². The van der Waals surface area contributed by atoms with Crippen LogP contribution in [0.5, 0.6) is 5.75 Å². The maximum Gasteiger partial charge on any atom is 0.258 e. The summed E-state index contributed by atoms with van der Waals surface area (Å²) < 4.78 is 7.06. The van der Waals surface area contributed by atoms with Gasteiger partial charge in [-0.05, 0) is 67.4 Å². The van der Waals surface area contributed by atoms with E-state index in [4.69, 9.17) is 4.43 Å². The van der Waals surface area contributed by atoms with Crippen LogP contribution in [-0.4, -0.2) is 13.4 Å². The van der Waals surface area contributed by atoms with E-state index in [9.17, 15) is 5.11 Å². The molecule has 0 amide bonds. The average Bonchev–Trinajstić information content (AvgIpc) is 2.57. The zero-order valence-corrected chi connectivity index (χ0v) is 19.5. The van der Waals surface area contributed by atoms with Crippen molar-refractivity contribution in [2.24, 2.45) is 0 Å². The van der Waals surface area contributed by atoms with Crippen molar-refractivity contribution in [3.05, 3.63) is 46.5 Å². The molecule has 27 heavy (non-hydrogen) atoms. The summed E-state index contributed by atoms with van der Waals surface area (Å²) in [6, 6.07) is 3.93. The molecule has 1 aromatic carbocycles. The highest BCUT2D eigenvalue weighted by molar-refractivity contribution is 6.78. The highest BCUT2D eigenvalue weighted by Crippen LogP contribution is 2.47. The van der Waals surface area contributed by atoms with E-state index in [-0.39, 0.29) is 0 Å². The minimum Gasteiger partial charge on any atom is -0.542 e. The second-order valence-corrected chi connectivity index (χ2v) is 14.5. The monoisotopic (exact) mass is 386 g/mol. The molecule has 0 fully saturated rings. The summed E-state index contributed by atoms with van der Waals surface area (Å²) >= 11 is 0. The molecular weight excluding hydrogens is 348 g/mol. The van der Waals surface area contributed by atoms with Crippen molar-refractivity contribution in [3.8, 4) is 5.75 Å². The lowest BCUT2D eigenvalue weighted by Gasteiger charge is -2.43. The van der Waals surface area contributed by atoms with Gasteiger partial charge in [-0.3, -0.25) is 0 Å². The molecule has 1 aliphatic carbocycles. The molecule has 0 heterocycles. The van der Waals surface area contributed by atoms with Gasteiger partial charge in [-0.1, -0.05) is 59.3 Å². The van der Waals surface area contributed by atoms with E-state index < -0.39 is 8.32 Å². The van der Waals surface area contributed by atoms with Gasteiger partial charge < -0.3 is 9.53 Å². The number of aromatic hydroxyl groups is 1. The number of phenolic OH excluding ortho intramolecular Hbond substituents is 1. The van der Waals surface area contributed by atoms with Crippen molar-refractivity contribution in [2.75, 3.05) is 0 Å². The average molecular weight is 387 g/mol. The lowest BCUT2D eigenvalue weighted by Crippen LogP contribution is -2.47. The Kier molecular flexibility index (Phi) is 7.01. The number of benzene rings is 1. The Balaban J connectivity index is 2.57. The Bertz CT molecular complexity index is 700. The normalized spacial score (nSPS) is 14.4. The molecule has 0 unspecified atom stereocenters. The van der Waals surface area contributed by atoms with E-state index in [0.29, 0.717) is 22.4 Å². The van der Waals surface area contributed by atoms with Crippen LogP contribution in [0.15, 0.2) is 29.9 Å². The molecule has 1 aromatic rings. The predicted molar refractivity (Wildman–Crippen MR) is 120 cm³/mol. The molecule has 0 saturated heterocycles. The van der Waals surface area contributed by atoms with E-state index in [2.05, 4.69) is 73.6 Å². The fraction of sp³-hybridized carbons (Fsp3) is 0.583. The van der Waals surface area contributed by atoms with Crippen molar-refractivity contribution in [3.63, 3.8) is 0 Å². The van der Waals surface area contributed by atoms with Crippen LogP contribution in [0.1, 0.15) is 78.5 Å². The van der Waals surface area contributed by atoms with Gasteiger partial charge in [-0.15, -0.1) is 0 Å². The SMILES string of the molecule is CC(C)=CCc1c(O)ccc2c1C(O[Si](C(C)C)(C(C)C)C(C)C)=CCC2. The molecule has 150 valence electrons. The number of hydrogen-bond donors (Lipinski definition) is 1. The maximum absolute atomic E-state index is 10.6. The number of aryl methyl sites for hydroxylation is 1. The highest BCUT2D eigenvalue weighted by atomic mass is 28.4. The van der Waals surface area contributed by atoms with Gasteiger partial charge in [0.25, 0.3) is 8.32 Å². The molecule has 0 radical (unpaired) electrons. The van der Waals surface area contributed by atoms with Gasteiger partial charge in [0.2, 0.25) is 0 Å². The molecule has 0 spiro atoms. The van der Waals surface area contributed by atoms with Crippen molar-refractivity contribution in [1.82, 2.24) is 0 Å². The Labute approximate surface area is 167 Å². The van der Waals surface area contributed by atoms with Crippen molar-refractivity contribution < 1.29 is 9.53 Å².